The molecule has 1 atom stereocenters. The first-order valence-electron chi connectivity index (χ1n) is 7.77. The average molecular weight is 332 g/mol. The molecule has 0 saturated carbocycles. The minimum Gasteiger partial charge on any atom is -0.484 e. The Morgan fingerprint density at radius 1 is 1.17 bits per heavy atom. The first kappa shape index (κ1) is 16.4. The third-order valence-corrected chi connectivity index (χ3v) is 3.96. The third kappa shape index (κ3) is 3.89. The molecule has 0 aliphatic carbocycles. The second-order valence-electron chi connectivity index (χ2n) is 5.61. The third-order valence-electron chi connectivity index (χ3n) is 3.96. The summed E-state index contributed by atoms with van der Waals surface area (Å²) in [5.41, 5.74) is 0.737. The van der Waals surface area contributed by atoms with E-state index in [0.29, 0.717) is 25.4 Å². The Kier molecular flexibility index (Phi) is 5.05. The molecule has 4 nitrogen and oxygen atoms in total. The van der Waals surface area contributed by atoms with Gasteiger partial charge in [0.1, 0.15) is 17.4 Å². The highest BCUT2D eigenvalue weighted by Gasteiger charge is 2.28. The zero-order valence-electron chi connectivity index (χ0n) is 13.0. The standard InChI is InChI=1S/C18H18F2N2O2/c19-14-4-1-3-13(9-14)17-11-21-7-8-22(17)18(23)12-24-16-6-2-5-15(20)10-16/h1-6,9-10,17,21H,7-8,11-12H2. The Balaban J connectivity index is 1.69. The Morgan fingerprint density at radius 3 is 2.67 bits per heavy atom. The van der Waals surface area contributed by atoms with Crippen LogP contribution < -0.4 is 10.1 Å². The number of benzene rings is 2. The van der Waals surface area contributed by atoms with Crippen LogP contribution in [-0.4, -0.2) is 37.0 Å². The molecule has 24 heavy (non-hydrogen) atoms. The maximum absolute atomic E-state index is 13.5. The van der Waals surface area contributed by atoms with Crippen molar-refractivity contribution in [2.75, 3.05) is 26.2 Å². The van der Waals surface area contributed by atoms with Crippen LogP contribution in [0.25, 0.3) is 0 Å². The number of piperazine rings is 1. The molecule has 1 aliphatic rings. The van der Waals surface area contributed by atoms with Crippen molar-refractivity contribution in [3.05, 3.63) is 65.7 Å². The zero-order valence-corrected chi connectivity index (χ0v) is 13.0. The van der Waals surface area contributed by atoms with Crippen molar-refractivity contribution in [2.24, 2.45) is 0 Å². The molecule has 1 heterocycles. The minimum atomic E-state index is -0.417. The molecule has 2 aromatic carbocycles. The number of nitrogens with one attached hydrogen (secondary N) is 1. The predicted octanol–water partition coefficient (Wildman–Crippen LogP) is 2.52. The fourth-order valence-electron chi connectivity index (χ4n) is 2.80. The minimum absolute atomic E-state index is 0.185. The second kappa shape index (κ2) is 7.40. The van der Waals surface area contributed by atoms with Crippen molar-refractivity contribution in [3.63, 3.8) is 0 Å². The van der Waals surface area contributed by atoms with E-state index in [1.165, 1.54) is 30.3 Å². The lowest BCUT2D eigenvalue weighted by Crippen LogP contribution is -2.50. The van der Waals surface area contributed by atoms with Crippen molar-refractivity contribution < 1.29 is 18.3 Å². The number of amides is 1. The molecule has 1 fully saturated rings. The van der Waals surface area contributed by atoms with Crippen molar-refractivity contribution in [3.8, 4) is 5.75 Å². The monoisotopic (exact) mass is 332 g/mol. The lowest BCUT2D eigenvalue weighted by atomic mass is 10.0. The Bertz CT molecular complexity index is 724. The average Bonchev–Trinajstić information content (AvgIpc) is 2.60. The lowest BCUT2D eigenvalue weighted by Gasteiger charge is -2.36. The van der Waals surface area contributed by atoms with Crippen LogP contribution in [0.1, 0.15) is 11.6 Å². The molecular formula is C18H18F2N2O2. The van der Waals surface area contributed by atoms with E-state index in [1.54, 1.807) is 23.1 Å². The van der Waals surface area contributed by atoms with Gasteiger partial charge in [0.15, 0.2) is 6.61 Å². The largest absolute Gasteiger partial charge is 0.484 e. The smallest absolute Gasteiger partial charge is 0.261 e. The number of hydrogen-bond acceptors (Lipinski definition) is 3. The SMILES string of the molecule is O=C(COc1cccc(F)c1)N1CCNCC1c1cccc(F)c1. The number of nitrogens with zero attached hydrogens (tertiary/aromatic N) is 1. The van der Waals surface area contributed by atoms with E-state index in [1.807, 2.05) is 0 Å². The summed E-state index contributed by atoms with van der Waals surface area (Å²) in [4.78, 5) is 14.2. The lowest BCUT2D eigenvalue weighted by molar-refractivity contribution is -0.136. The summed E-state index contributed by atoms with van der Waals surface area (Å²) < 4.78 is 32.0. The van der Waals surface area contributed by atoms with Gasteiger partial charge < -0.3 is 15.0 Å². The summed E-state index contributed by atoms with van der Waals surface area (Å²) in [6.07, 6.45) is 0. The van der Waals surface area contributed by atoms with Gasteiger partial charge in [-0.1, -0.05) is 18.2 Å². The fraction of sp³-hybridized carbons (Fsp3) is 0.278. The molecule has 0 spiro atoms. The van der Waals surface area contributed by atoms with Crippen molar-refractivity contribution >= 4 is 5.91 Å². The number of ether oxygens (including phenoxy) is 1. The van der Waals surface area contributed by atoms with Gasteiger partial charge in [-0.15, -0.1) is 0 Å². The highest BCUT2D eigenvalue weighted by molar-refractivity contribution is 5.78. The Morgan fingerprint density at radius 2 is 1.92 bits per heavy atom. The number of rotatable bonds is 4. The van der Waals surface area contributed by atoms with Crippen LogP contribution in [0.5, 0.6) is 5.75 Å². The Labute approximate surface area is 139 Å². The van der Waals surface area contributed by atoms with Crippen molar-refractivity contribution in [1.82, 2.24) is 10.2 Å². The fourth-order valence-corrected chi connectivity index (χ4v) is 2.80. The van der Waals surface area contributed by atoms with E-state index in [0.717, 1.165) is 5.56 Å². The summed E-state index contributed by atoms with van der Waals surface area (Å²) >= 11 is 0. The van der Waals surface area contributed by atoms with Gasteiger partial charge in [-0.3, -0.25) is 4.79 Å². The summed E-state index contributed by atoms with van der Waals surface area (Å²) in [7, 11) is 0. The number of carbonyl (C=O) groups is 1. The van der Waals surface area contributed by atoms with Crippen molar-refractivity contribution in [1.29, 1.82) is 0 Å². The van der Waals surface area contributed by atoms with Crippen LogP contribution in [0.2, 0.25) is 0 Å². The molecule has 0 radical (unpaired) electrons. The zero-order chi connectivity index (χ0) is 16.9. The van der Waals surface area contributed by atoms with Gasteiger partial charge in [0.05, 0.1) is 6.04 Å². The van der Waals surface area contributed by atoms with E-state index < -0.39 is 5.82 Å². The molecule has 0 aromatic heterocycles. The first-order chi connectivity index (χ1) is 11.6. The van der Waals surface area contributed by atoms with Gasteiger partial charge in [0.2, 0.25) is 0 Å². The van der Waals surface area contributed by atoms with Crippen LogP contribution in [0.3, 0.4) is 0 Å². The van der Waals surface area contributed by atoms with Gasteiger partial charge in [-0.25, -0.2) is 8.78 Å². The molecule has 1 unspecified atom stereocenters. The van der Waals surface area contributed by atoms with Crippen LogP contribution in [0.4, 0.5) is 8.78 Å². The molecular weight excluding hydrogens is 314 g/mol. The van der Waals surface area contributed by atoms with E-state index in [-0.39, 0.29) is 24.4 Å². The summed E-state index contributed by atoms with van der Waals surface area (Å²) in [6, 6.07) is 11.6. The number of carbonyl (C=O) groups excluding carboxylic acids is 1. The molecule has 126 valence electrons. The summed E-state index contributed by atoms with van der Waals surface area (Å²) in [5, 5.41) is 3.21. The van der Waals surface area contributed by atoms with Crippen LogP contribution in [0.15, 0.2) is 48.5 Å². The van der Waals surface area contributed by atoms with Gasteiger partial charge in [-0.2, -0.15) is 0 Å². The molecule has 2 aromatic rings. The summed E-state index contributed by atoms with van der Waals surface area (Å²) in [6.45, 7) is 1.54. The van der Waals surface area contributed by atoms with Gasteiger partial charge in [-0.05, 0) is 29.8 Å². The number of halogens is 2. The van der Waals surface area contributed by atoms with Crippen LogP contribution >= 0.6 is 0 Å². The van der Waals surface area contributed by atoms with E-state index in [4.69, 9.17) is 4.74 Å². The molecule has 6 heteroatoms. The molecule has 0 bridgehead atoms. The molecule has 1 aliphatic heterocycles. The van der Waals surface area contributed by atoms with E-state index in [9.17, 15) is 13.6 Å². The highest BCUT2D eigenvalue weighted by Crippen LogP contribution is 2.23. The van der Waals surface area contributed by atoms with E-state index in [2.05, 4.69) is 5.32 Å². The molecule has 1 saturated heterocycles. The second-order valence-corrected chi connectivity index (χ2v) is 5.61. The maximum Gasteiger partial charge on any atom is 0.261 e. The molecule has 1 N–H and O–H groups in total. The highest BCUT2D eigenvalue weighted by atomic mass is 19.1. The Hall–Kier alpha value is -2.47. The number of hydrogen-bond donors (Lipinski definition) is 1. The van der Waals surface area contributed by atoms with Crippen LogP contribution in [-0.2, 0) is 4.79 Å². The van der Waals surface area contributed by atoms with Gasteiger partial charge in [0, 0.05) is 25.7 Å². The summed E-state index contributed by atoms with van der Waals surface area (Å²) in [5.74, 6) is -0.656. The van der Waals surface area contributed by atoms with Crippen LogP contribution in [0, 0.1) is 11.6 Å². The normalized spacial score (nSPS) is 17.6. The quantitative estimate of drug-likeness (QED) is 0.935. The molecule has 3 rings (SSSR count). The van der Waals surface area contributed by atoms with E-state index >= 15 is 0 Å². The van der Waals surface area contributed by atoms with Crippen molar-refractivity contribution in [2.45, 2.75) is 6.04 Å². The van der Waals surface area contributed by atoms with Gasteiger partial charge in [0.25, 0.3) is 5.91 Å². The molecule has 1 amide bonds. The predicted molar refractivity (Wildman–Crippen MR) is 85.6 cm³/mol. The van der Waals surface area contributed by atoms with Gasteiger partial charge >= 0.3 is 0 Å². The topological polar surface area (TPSA) is 41.6 Å². The first-order valence-corrected chi connectivity index (χ1v) is 7.77. The maximum atomic E-state index is 13.5.